The molecule has 0 radical (unpaired) electrons. The largest absolute Gasteiger partial charge is 0.708 e. The number of nitrogens with zero attached hydrogens (tertiary/aromatic N) is 3. The highest BCUT2D eigenvalue weighted by atomic mass is 31.3. The normalized spacial score (nSPS) is 27.2. The molecule has 30 heavy (non-hydrogen) atoms. The number of imidazole rings is 1. The summed E-state index contributed by atoms with van der Waals surface area (Å²) < 4.78 is 52.1. The second-order valence-electron chi connectivity index (χ2n) is 5.71. The topological polar surface area (TPSA) is 259 Å². The lowest BCUT2D eigenvalue weighted by molar-refractivity contribution is -0.0476. The third-order valence-corrected chi connectivity index (χ3v) is 6.85. The SMILES string of the molecule is Nc1nc2c(ncn2[C@@H]2O[C@H](CO[P+](=O)OP(=O)(O)O[P+](=O)O)[C@@H](O)[C@H]2O)c(=O)[nH]1. The molecular formula is C10H14N5O12P3+2. The Balaban J connectivity index is 1.69. The van der Waals surface area contributed by atoms with Gasteiger partial charge in [0.15, 0.2) is 17.4 Å². The fourth-order valence-corrected chi connectivity index (χ4v) is 4.80. The molecule has 3 unspecified atom stereocenters. The second-order valence-corrected chi connectivity index (χ2v) is 9.14. The summed E-state index contributed by atoms with van der Waals surface area (Å²) >= 11 is 0. The number of aliphatic hydroxyl groups excluding tert-OH is 2. The van der Waals surface area contributed by atoms with Gasteiger partial charge in [0.05, 0.1) is 6.33 Å². The Kier molecular flexibility index (Phi) is 6.72. The first-order chi connectivity index (χ1) is 14.0. The van der Waals surface area contributed by atoms with Crippen molar-refractivity contribution in [2.45, 2.75) is 24.5 Å². The second kappa shape index (κ2) is 8.78. The quantitative estimate of drug-likeness (QED) is 0.237. The summed E-state index contributed by atoms with van der Waals surface area (Å²) in [6.45, 7) is -0.696. The van der Waals surface area contributed by atoms with Crippen molar-refractivity contribution in [1.82, 2.24) is 19.5 Å². The summed E-state index contributed by atoms with van der Waals surface area (Å²) in [6, 6.07) is 0. The molecule has 3 heterocycles. The molecule has 7 N–H and O–H groups in total. The molecule has 7 atom stereocenters. The number of anilines is 1. The molecule has 1 aliphatic heterocycles. The van der Waals surface area contributed by atoms with Gasteiger partial charge in [0.1, 0.15) is 24.9 Å². The summed E-state index contributed by atoms with van der Waals surface area (Å²) in [6.07, 6.45) is -4.63. The standard InChI is InChI=1S/C10H12N5O12P3/c11-10-13-7-4(8(18)14-10)12-2-15(7)9-6(17)5(16)3(25-9)1-24-29(21)27-30(22,23)26-28(19)20/h2-3,5-6,9,16-17H,1H2,(H3-2,11,13,14,18,19,20,22,23)/p+2/t3-,5-,6-,9-/m1/s1. The molecule has 2 aromatic heterocycles. The number of ether oxygens (including phenoxy) is 1. The third-order valence-electron chi connectivity index (χ3n) is 3.75. The zero-order valence-corrected chi connectivity index (χ0v) is 17.1. The molecule has 0 saturated carbocycles. The van der Waals surface area contributed by atoms with Gasteiger partial charge < -0.3 is 20.7 Å². The van der Waals surface area contributed by atoms with Crippen LogP contribution >= 0.6 is 24.3 Å². The lowest BCUT2D eigenvalue weighted by Crippen LogP contribution is -2.33. The van der Waals surface area contributed by atoms with Crippen molar-refractivity contribution in [3.8, 4) is 0 Å². The Morgan fingerprint density at radius 2 is 2.03 bits per heavy atom. The monoisotopic (exact) mass is 489 g/mol. The number of hydrogen-bond donors (Lipinski definition) is 6. The van der Waals surface area contributed by atoms with Crippen LogP contribution in [0, 0.1) is 0 Å². The minimum atomic E-state index is -5.14. The van der Waals surface area contributed by atoms with Gasteiger partial charge >= 0.3 is 24.3 Å². The van der Waals surface area contributed by atoms with Gasteiger partial charge in [-0.05, 0) is 0 Å². The molecule has 0 bridgehead atoms. The number of phosphoric acid groups is 1. The van der Waals surface area contributed by atoms with Crippen LogP contribution < -0.4 is 11.3 Å². The van der Waals surface area contributed by atoms with Crippen molar-refractivity contribution in [2.75, 3.05) is 12.3 Å². The van der Waals surface area contributed by atoms with E-state index in [1.165, 1.54) is 0 Å². The van der Waals surface area contributed by atoms with Gasteiger partial charge in [-0.2, -0.15) is 4.98 Å². The van der Waals surface area contributed by atoms with E-state index in [1.54, 1.807) is 0 Å². The molecule has 1 saturated heterocycles. The highest BCUT2D eigenvalue weighted by Crippen LogP contribution is 2.57. The van der Waals surface area contributed by atoms with Crippen LogP contribution in [-0.2, 0) is 31.6 Å². The van der Waals surface area contributed by atoms with Crippen molar-refractivity contribution in [3.05, 3.63) is 16.7 Å². The molecule has 1 aliphatic rings. The zero-order chi connectivity index (χ0) is 22.2. The predicted molar refractivity (Wildman–Crippen MR) is 93.9 cm³/mol. The van der Waals surface area contributed by atoms with E-state index in [9.17, 15) is 28.7 Å². The van der Waals surface area contributed by atoms with E-state index in [0.717, 1.165) is 10.9 Å². The van der Waals surface area contributed by atoms with E-state index < -0.39 is 61.0 Å². The smallest absolute Gasteiger partial charge is 0.387 e. The van der Waals surface area contributed by atoms with Crippen LogP contribution in [0.2, 0.25) is 0 Å². The highest BCUT2D eigenvalue weighted by Gasteiger charge is 2.48. The minimum Gasteiger partial charge on any atom is -0.387 e. The molecule has 0 amide bonds. The number of fused-ring (bicyclic) bond motifs is 1. The van der Waals surface area contributed by atoms with E-state index >= 15 is 0 Å². The van der Waals surface area contributed by atoms with E-state index in [4.69, 9.17) is 20.3 Å². The van der Waals surface area contributed by atoms with Gasteiger partial charge in [-0.3, -0.25) is 19.2 Å². The molecule has 20 heteroatoms. The number of H-pyrrole nitrogens is 1. The first kappa shape index (κ1) is 22.9. The average molecular weight is 489 g/mol. The maximum Gasteiger partial charge on any atom is 0.708 e. The van der Waals surface area contributed by atoms with E-state index in [1.807, 2.05) is 0 Å². The first-order valence-corrected chi connectivity index (χ1v) is 11.4. The Morgan fingerprint density at radius 1 is 1.33 bits per heavy atom. The number of aliphatic hydroxyl groups is 2. The molecule has 0 spiro atoms. The number of hydrogen-bond acceptors (Lipinski definition) is 13. The molecule has 0 aliphatic carbocycles. The molecule has 1 fully saturated rings. The van der Waals surface area contributed by atoms with Crippen LogP contribution in [0.15, 0.2) is 11.1 Å². The van der Waals surface area contributed by atoms with E-state index in [-0.39, 0.29) is 17.1 Å². The van der Waals surface area contributed by atoms with Gasteiger partial charge in [-0.25, -0.2) is 9.55 Å². The number of nitrogens with one attached hydrogen (secondary N) is 1. The van der Waals surface area contributed by atoms with Gasteiger partial charge in [0, 0.05) is 17.8 Å². The Morgan fingerprint density at radius 3 is 2.70 bits per heavy atom. The van der Waals surface area contributed by atoms with E-state index in [2.05, 4.69) is 28.1 Å². The highest BCUT2D eigenvalue weighted by molar-refractivity contribution is 7.61. The van der Waals surface area contributed by atoms with Crippen LogP contribution in [0.1, 0.15) is 6.23 Å². The maximum absolute atomic E-state index is 11.8. The molecule has 164 valence electrons. The van der Waals surface area contributed by atoms with Crippen LogP contribution in [-0.4, -0.2) is 64.4 Å². The Labute approximate surface area is 166 Å². The molecule has 17 nitrogen and oxygen atoms in total. The lowest BCUT2D eigenvalue weighted by atomic mass is 10.1. The summed E-state index contributed by atoms with van der Waals surface area (Å²) in [5.41, 5.74) is 4.70. The number of nitrogen functional groups attached to an aromatic ring is 1. The van der Waals surface area contributed by atoms with Crippen LogP contribution in [0.3, 0.4) is 0 Å². The van der Waals surface area contributed by atoms with Crippen molar-refractivity contribution >= 4 is 41.4 Å². The van der Waals surface area contributed by atoms with Crippen molar-refractivity contribution in [1.29, 1.82) is 0 Å². The van der Waals surface area contributed by atoms with Crippen LogP contribution in [0.4, 0.5) is 5.95 Å². The number of aromatic nitrogens is 4. The number of aromatic amines is 1. The lowest BCUT2D eigenvalue weighted by Gasteiger charge is -2.16. The van der Waals surface area contributed by atoms with Gasteiger partial charge in [0.2, 0.25) is 5.95 Å². The molecule has 0 aromatic carbocycles. The van der Waals surface area contributed by atoms with Crippen LogP contribution in [0.25, 0.3) is 11.2 Å². The molecule has 2 aromatic rings. The Hall–Kier alpha value is -1.74. The van der Waals surface area contributed by atoms with Gasteiger partial charge in [-0.1, -0.05) is 0 Å². The zero-order valence-electron chi connectivity index (χ0n) is 14.4. The fraction of sp³-hybridized carbons (Fsp3) is 0.500. The summed E-state index contributed by atoms with van der Waals surface area (Å²) in [5.74, 6) is -0.225. The molecular weight excluding hydrogens is 475 g/mol. The maximum atomic E-state index is 11.8. The molecule has 3 rings (SSSR count). The van der Waals surface area contributed by atoms with E-state index in [0.29, 0.717) is 0 Å². The number of rotatable bonds is 8. The summed E-state index contributed by atoms with van der Waals surface area (Å²) in [5, 5.41) is 20.4. The van der Waals surface area contributed by atoms with Gasteiger partial charge in [0.25, 0.3) is 5.56 Å². The summed E-state index contributed by atoms with van der Waals surface area (Å²) in [4.78, 5) is 39.3. The fourth-order valence-electron chi connectivity index (χ4n) is 2.57. The van der Waals surface area contributed by atoms with Crippen molar-refractivity contribution < 1.29 is 51.6 Å². The van der Waals surface area contributed by atoms with Crippen molar-refractivity contribution in [3.63, 3.8) is 0 Å². The third kappa shape index (κ3) is 4.94. The number of nitrogens with two attached hydrogens (primary N) is 1. The van der Waals surface area contributed by atoms with Gasteiger partial charge in [-0.15, -0.1) is 9.42 Å². The summed E-state index contributed by atoms with van der Waals surface area (Å²) in [7, 11) is -12.0. The minimum absolute atomic E-state index is 0.0417. The predicted octanol–water partition coefficient (Wildman–Crippen LogP) is -1.22. The van der Waals surface area contributed by atoms with Crippen molar-refractivity contribution in [2.24, 2.45) is 0 Å². The average Bonchev–Trinajstić information content (AvgIpc) is 3.14. The van der Waals surface area contributed by atoms with Crippen LogP contribution in [0.5, 0.6) is 0 Å². The first-order valence-electron chi connectivity index (χ1n) is 7.71. The Bertz CT molecular complexity index is 1090.